The molecule has 0 bridgehead atoms. The summed E-state index contributed by atoms with van der Waals surface area (Å²) in [6.45, 7) is 0. The molecule has 1 heterocycles. The van der Waals surface area contributed by atoms with Gasteiger partial charge in [0.1, 0.15) is 5.02 Å². The summed E-state index contributed by atoms with van der Waals surface area (Å²) in [6, 6.07) is 7.68. The van der Waals surface area contributed by atoms with Gasteiger partial charge in [0.05, 0.1) is 0 Å². The van der Waals surface area contributed by atoms with Crippen LogP contribution in [0.3, 0.4) is 0 Å². The summed E-state index contributed by atoms with van der Waals surface area (Å²) >= 11 is 11.6. The summed E-state index contributed by atoms with van der Waals surface area (Å²) in [4.78, 5) is 3.98. The summed E-state index contributed by atoms with van der Waals surface area (Å²) in [5.74, 6) is 0.0881. The third kappa shape index (κ3) is 2.87. The lowest BCUT2D eigenvalue weighted by Gasteiger charge is -2.07. The fourth-order valence-corrected chi connectivity index (χ4v) is 1.62. The standard InChI is InChI=1S/C12H8Cl2FNO/c13-6-8-5-9(14)12(16-7-8)17-11-4-2-1-3-10(11)15/h1-5,7H,6H2. The maximum Gasteiger partial charge on any atom is 0.238 e. The molecule has 88 valence electrons. The normalized spacial score (nSPS) is 10.3. The van der Waals surface area contributed by atoms with Gasteiger partial charge in [-0.25, -0.2) is 9.37 Å². The van der Waals surface area contributed by atoms with Gasteiger partial charge in [0.15, 0.2) is 11.6 Å². The van der Waals surface area contributed by atoms with Crippen LogP contribution in [0.1, 0.15) is 5.56 Å². The molecule has 0 saturated heterocycles. The van der Waals surface area contributed by atoms with Gasteiger partial charge in [-0.3, -0.25) is 0 Å². The Kier molecular flexibility index (Phi) is 3.82. The second-order valence-electron chi connectivity index (χ2n) is 3.30. The van der Waals surface area contributed by atoms with E-state index in [4.69, 9.17) is 27.9 Å². The topological polar surface area (TPSA) is 22.1 Å². The van der Waals surface area contributed by atoms with Crippen LogP contribution in [0.15, 0.2) is 36.5 Å². The SMILES string of the molecule is Fc1ccccc1Oc1ncc(CCl)cc1Cl. The van der Waals surface area contributed by atoms with E-state index in [1.807, 2.05) is 0 Å². The zero-order valence-corrected chi connectivity index (χ0v) is 10.2. The van der Waals surface area contributed by atoms with Crippen LogP contribution in [0.2, 0.25) is 5.02 Å². The molecule has 1 aromatic carbocycles. The van der Waals surface area contributed by atoms with Crippen molar-refractivity contribution in [2.45, 2.75) is 5.88 Å². The average Bonchev–Trinajstić information content (AvgIpc) is 2.34. The van der Waals surface area contributed by atoms with Crippen molar-refractivity contribution >= 4 is 23.2 Å². The van der Waals surface area contributed by atoms with Crippen molar-refractivity contribution in [3.05, 3.63) is 52.9 Å². The van der Waals surface area contributed by atoms with Crippen LogP contribution < -0.4 is 4.74 Å². The first-order chi connectivity index (χ1) is 8.20. The smallest absolute Gasteiger partial charge is 0.238 e. The van der Waals surface area contributed by atoms with E-state index in [-0.39, 0.29) is 11.6 Å². The molecule has 2 nitrogen and oxygen atoms in total. The minimum atomic E-state index is -0.466. The first kappa shape index (κ1) is 12.1. The van der Waals surface area contributed by atoms with E-state index in [1.54, 1.807) is 18.2 Å². The maximum atomic E-state index is 13.3. The first-order valence-electron chi connectivity index (χ1n) is 4.83. The molecule has 0 aliphatic rings. The number of rotatable bonds is 3. The molecule has 5 heteroatoms. The van der Waals surface area contributed by atoms with Crippen molar-refractivity contribution in [3.63, 3.8) is 0 Å². The highest BCUT2D eigenvalue weighted by Crippen LogP contribution is 2.29. The zero-order valence-electron chi connectivity index (χ0n) is 8.66. The van der Waals surface area contributed by atoms with Gasteiger partial charge in [0, 0.05) is 12.1 Å². The average molecular weight is 272 g/mol. The van der Waals surface area contributed by atoms with Gasteiger partial charge < -0.3 is 4.74 Å². The molecule has 0 spiro atoms. The number of nitrogens with zero attached hydrogens (tertiary/aromatic N) is 1. The van der Waals surface area contributed by atoms with Gasteiger partial charge in [-0.2, -0.15) is 0 Å². The van der Waals surface area contributed by atoms with Gasteiger partial charge >= 0.3 is 0 Å². The molecule has 0 saturated carbocycles. The number of halogens is 3. The van der Waals surface area contributed by atoms with Gasteiger partial charge in [-0.15, -0.1) is 11.6 Å². The van der Waals surface area contributed by atoms with E-state index in [1.165, 1.54) is 18.3 Å². The third-order valence-corrected chi connectivity index (χ3v) is 2.64. The van der Waals surface area contributed by atoms with Crippen molar-refractivity contribution in [1.29, 1.82) is 0 Å². The number of aromatic nitrogens is 1. The molecule has 0 aliphatic heterocycles. The van der Waals surface area contributed by atoms with E-state index in [0.717, 1.165) is 5.56 Å². The fourth-order valence-electron chi connectivity index (χ4n) is 1.24. The molecule has 2 rings (SSSR count). The quantitative estimate of drug-likeness (QED) is 0.772. The number of para-hydroxylation sites is 1. The van der Waals surface area contributed by atoms with Crippen LogP contribution in [0.5, 0.6) is 11.6 Å². The number of pyridine rings is 1. The Morgan fingerprint density at radius 3 is 2.71 bits per heavy atom. The minimum Gasteiger partial charge on any atom is -0.434 e. The molecule has 17 heavy (non-hydrogen) atoms. The van der Waals surface area contributed by atoms with E-state index >= 15 is 0 Å². The first-order valence-corrected chi connectivity index (χ1v) is 5.74. The predicted octanol–water partition coefficient (Wildman–Crippen LogP) is 4.41. The second-order valence-corrected chi connectivity index (χ2v) is 3.97. The largest absolute Gasteiger partial charge is 0.434 e. The third-order valence-electron chi connectivity index (χ3n) is 2.06. The Labute approximate surface area is 108 Å². The number of hydrogen-bond acceptors (Lipinski definition) is 2. The van der Waals surface area contributed by atoms with Crippen molar-refractivity contribution < 1.29 is 9.13 Å². The van der Waals surface area contributed by atoms with E-state index in [9.17, 15) is 4.39 Å². The number of benzene rings is 1. The lowest BCUT2D eigenvalue weighted by molar-refractivity contribution is 0.427. The van der Waals surface area contributed by atoms with E-state index < -0.39 is 5.82 Å². The summed E-state index contributed by atoms with van der Waals surface area (Å²) in [5, 5.41) is 0.298. The van der Waals surface area contributed by atoms with Crippen molar-refractivity contribution in [3.8, 4) is 11.6 Å². The van der Waals surface area contributed by atoms with Gasteiger partial charge in [0.25, 0.3) is 0 Å². The van der Waals surface area contributed by atoms with Crippen LogP contribution >= 0.6 is 23.2 Å². The minimum absolute atomic E-state index is 0.0838. The molecule has 0 amide bonds. The zero-order chi connectivity index (χ0) is 12.3. The summed E-state index contributed by atoms with van der Waals surface area (Å²) in [6.07, 6.45) is 1.54. The molecule has 0 aliphatic carbocycles. The van der Waals surface area contributed by atoms with Crippen LogP contribution in [-0.2, 0) is 5.88 Å². The number of ether oxygens (including phenoxy) is 1. The lowest BCUT2D eigenvalue weighted by Crippen LogP contribution is -1.92. The van der Waals surface area contributed by atoms with Crippen molar-refractivity contribution in [2.24, 2.45) is 0 Å². The van der Waals surface area contributed by atoms with Crippen LogP contribution in [0.25, 0.3) is 0 Å². The van der Waals surface area contributed by atoms with Crippen molar-refractivity contribution in [2.75, 3.05) is 0 Å². The molecule has 0 fully saturated rings. The Hall–Kier alpha value is -1.32. The molecule has 0 radical (unpaired) electrons. The Balaban J connectivity index is 2.28. The summed E-state index contributed by atoms with van der Waals surface area (Å²) in [7, 11) is 0. The molecule has 1 aromatic heterocycles. The molecule has 0 N–H and O–H groups in total. The molecular weight excluding hydrogens is 264 g/mol. The fraction of sp³-hybridized carbons (Fsp3) is 0.0833. The van der Waals surface area contributed by atoms with E-state index in [2.05, 4.69) is 4.98 Å². The molecular formula is C12H8Cl2FNO. The van der Waals surface area contributed by atoms with Gasteiger partial charge in [0.2, 0.25) is 5.88 Å². The van der Waals surface area contributed by atoms with Crippen LogP contribution in [-0.4, -0.2) is 4.98 Å². The van der Waals surface area contributed by atoms with Crippen LogP contribution in [0, 0.1) is 5.82 Å². The number of alkyl halides is 1. The molecule has 0 unspecified atom stereocenters. The molecule has 0 atom stereocenters. The number of hydrogen-bond donors (Lipinski definition) is 0. The van der Waals surface area contributed by atoms with E-state index in [0.29, 0.717) is 10.9 Å². The predicted molar refractivity (Wildman–Crippen MR) is 65.3 cm³/mol. The monoisotopic (exact) mass is 271 g/mol. The van der Waals surface area contributed by atoms with Gasteiger partial charge in [-0.05, 0) is 23.8 Å². The highest BCUT2D eigenvalue weighted by molar-refractivity contribution is 6.32. The second kappa shape index (κ2) is 5.34. The highest BCUT2D eigenvalue weighted by atomic mass is 35.5. The Morgan fingerprint density at radius 2 is 2.06 bits per heavy atom. The summed E-state index contributed by atoms with van der Waals surface area (Å²) in [5.41, 5.74) is 0.776. The van der Waals surface area contributed by atoms with Crippen LogP contribution in [0.4, 0.5) is 4.39 Å². The van der Waals surface area contributed by atoms with Gasteiger partial charge in [-0.1, -0.05) is 23.7 Å². The summed E-state index contributed by atoms with van der Waals surface area (Å²) < 4.78 is 18.6. The highest BCUT2D eigenvalue weighted by Gasteiger charge is 2.08. The maximum absolute atomic E-state index is 13.3. The van der Waals surface area contributed by atoms with Crippen molar-refractivity contribution in [1.82, 2.24) is 4.98 Å². The Bertz CT molecular complexity index is 534. The molecule has 2 aromatic rings. The lowest BCUT2D eigenvalue weighted by atomic mass is 10.3. The Morgan fingerprint density at radius 1 is 1.29 bits per heavy atom.